The molecule has 6 heteroatoms. The van der Waals surface area contributed by atoms with Crippen LogP contribution in [0.1, 0.15) is 39.6 Å². The molecule has 0 bridgehead atoms. The van der Waals surface area contributed by atoms with E-state index in [1.807, 2.05) is 13.8 Å². The van der Waals surface area contributed by atoms with E-state index in [2.05, 4.69) is 5.32 Å². The molecule has 1 aliphatic heterocycles. The van der Waals surface area contributed by atoms with Gasteiger partial charge in [0.15, 0.2) is 0 Å². The van der Waals surface area contributed by atoms with Crippen molar-refractivity contribution in [1.82, 2.24) is 10.2 Å². The molecule has 1 aromatic rings. The van der Waals surface area contributed by atoms with Crippen LogP contribution in [0.5, 0.6) is 0 Å². The van der Waals surface area contributed by atoms with Crippen LogP contribution < -0.4 is 11.1 Å². The van der Waals surface area contributed by atoms with Crippen LogP contribution >= 0.6 is 0 Å². The van der Waals surface area contributed by atoms with E-state index >= 15 is 0 Å². The molecule has 112 valence electrons. The van der Waals surface area contributed by atoms with Crippen molar-refractivity contribution in [2.75, 3.05) is 13.1 Å². The van der Waals surface area contributed by atoms with Gasteiger partial charge in [-0.1, -0.05) is 11.6 Å². The summed E-state index contributed by atoms with van der Waals surface area (Å²) in [6, 6.07) is 5.06. The van der Waals surface area contributed by atoms with Gasteiger partial charge in [-0.05, 0) is 32.4 Å². The van der Waals surface area contributed by atoms with E-state index in [4.69, 9.17) is 5.73 Å². The van der Waals surface area contributed by atoms with E-state index in [1.165, 1.54) is 0 Å². The summed E-state index contributed by atoms with van der Waals surface area (Å²) >= 11 is 0. The molecule has 6 nitrogen and oxygen atoms in total. The van der Waals surface area contributed by atoms with Crippen LogP contribution in [0.4, 0.5) is 0 Å². The first-order valence-corrected chi connectivity index (χ1v) is 6.89. The molecule has 21 heavy (non-hydrogen) atoms. The number of rotatable bonds is 5. The van der Waals surface area contributed by atoms with Crippen LogP contribution in [0.25, 0.3) is 0 Å². The summed E-state index contributed by atoms with van der Waals surface area (Å²) in [6.45, 7) is 3.86. The van der Waals surface area contributed by atoms with Gasteiger partial charge in [-0.25, -0.2) is 0 Å². The molecule has 3 amide bonds. The van der Waals surface area contributed by atoms with E-state index in [-0.39, 0.29) is 18.5 Å². The maximum Gasteiger partial charge on any atom is 0.262 e. The number of benzene rings is 1. The molecule has 2 rings (SSSR count). The molecule has 0 aliphatic carbocycles. The number of carbonyl (C=O) groups excluding carboxylic acids is 3. The Labute approximate surface area is 123 Å². The lowest BCUT2D eigenvalue weighted by molar-refractivity contribution is -0.121. The predicted molar refractivity (Wildman–Crippen MR) is 77.8 cm³/mol. The summed E-state index contributed by atoms with van der Waals surface area (Å²) in [4.78, 5) is 37.1. The average Bonchev–Trinajstić information content (AvgIpc) is 2.63. The number of fused-ring (bicyclic) bond motifs is 1. The third-order valence-electron chi connectivity index (χ3n) is 3.35. The molecule has 0 aromatic heterocycles. The van der Waals surface area contributed by atoms with E-state index in [0.29, 0.717) is 24.1 Å². The summed E-state index contributed by atoms with van der Waals surface area (Å²) in [5.41, 5.74) is 7.21. The fourth-order valence-corrected chi connectivity index (χ4v) is 2.19. The molecule has 0 saturated heterocycles. The van der Waals surface area contributed by atoms with Crippen molar-refractivity contribution in [2.45, 2.75) is 26.3 Å². The highest BCUT2D eigenvalue weighted by atomic mass is 16.2. The number of aryl methyl sites for hydroxylation is 1. The normalized spacial score (nSPS) is 15.1. The first kappa shape index (κ1) is 15.2. The van der Waals surface area contributed by atoms with Crippen molar-refractivity contribution in [3.8, 4) is 0 Å². The maximum absolute atomic E-state index is 12.2. The lowest BCUT2D eigenvalue weighted by atomic mass is 10.1. The SMILES string of the molecule is Cc1ccc2c(c1)C(=O)N(CC(=O)NCCC(C)N)C2=O. The smallest absolute Gasteiger partial charge is 0.262 e. The highest BCUT2D eigenvalue weighted by Crippen LogP contribution is 2.23. The second-order valence-corrected chi connectivity index (χ2v) is 5.36. The van der Waals surface area contributed by atoms with Crippen molar-refractivity contribution in [3.63, 3.8) is 0 Å². The fraction of sp³-hybridized carbons (Fsp3) is 0.400. The van der Waals surface area contributed by atoms with Gasteiger partial charge in [0.1, 0.15) is 6.54 Å². The standard InChI is InChI=1S/C15H19N3O3/c1-9-3-4-11-12(7-9)15(21)18(14(11)20)8-13(19)17-6-5-10(2)16/h3-4,7,10H,5-6,8,16H2,1-2H3,(H,17,19). The van der Waals surface area contributed by atoms with Crippen LogP contribution in [-0.4, -0.2) is 41.8 Å². The molecule has 1 unspecified atom stereocenters. The molecule has 0 saturated carbocycles. The van der Waals surface area contributed by atoms with E-state index in [1.54, 1.807) is 18.2 Å². The van der Waals surface area contributed by atoms with Crippen LogP contribution in [0.3, 0.4) is 0 Å². The average molecular weight is 289 g/mol. The maximum atomic E-state index is 12.2. The first-order valence-electron chi connectivity index (χ1n) is 6.89. The van der Waals surface area contributed by atoms with Crippen LogP contribution in [0.15, 0.2) is 18.2 Å². The second kappa shape index (κ2) is 6.05. The number of nitrogens with zero attached hydrogens (tertiary/aromatic N) is 1. The first-order chi connectivity index (χ1) is 9.90. The Morgan fingerprint density at radius 1 is 1.29 bits per heavy atom. The summed E-state index contributed by atoms with van der Waals surface area (Å²) in [6.07, 6.45) is 0.646. The van der Waals surface area contributed by atoms with Crippen molar-refractivity contribution in [1.29, 1.82) is 0 Å². The van der Waals surface area contributed by atoms with Crippen LogP contribution in [0, 0.1) is 6.92 Å². The molecule has 0 spiro atoms. The number of hydrogen-bond acceptors (Lipinski definition) is 4. The highest BCUT2D eigenvalue weighted by molar-refractivity contribution is 6.22. The van der Waals surface area contributed by atoms with Crippen LogP contribution in [0.2, 0.25) is 0 Å². The number of imide groups is 1. The Kier molecular flexibility index (Phi) is 4.37. The molecule has 1 atom stereocenters. The van der Waals surface area contributed by atoms with Crippen LogP contribution in [-0.2, 0) is 4.79 Å². The van der Waals surface area contributed by atoms with E-state index in [0.717, 1.165) is 10.5 Å². The lowest BCUT2D eigenvalue weighted by Crippen LogP contribution is -2.41. The zero-order valence-corrected chi connectivity index (χ0v) is 12.2. The Morgan fingerprint density at radius 3 is 2.62 bits per heavy atom. The highest BCUT2D eigenvalue weighted by Gasteiger charge is 2.36. The molecular formula is C15H19N3O3. The largest absolute Gasteiger partial charge is 0.354 e. The predicted octanol–water partition coefficient (Wildman–Crippen LogP) is 0.445. The summed E-state index contributed by atoms with van der Waals surface area (Å²) in [5, 5.41) is 2.66. The third kappa shape index (κ3) is 3.28. The molecule has 0 radical (unpaired) electrons. The third-order valence-corrected chi connectivity index (χ3v) is 3.35. The van der Waals surface area contributed by atoms with Crippen molar-refractivity contribution < 1.29 is 14.4 Å². The van der Waals surface area contributed by atoms with E-state index < -0.39 is 11.8 Å². The summed E-state index contributed by atoms with van der Waals surface area (Å²) < 4.78 is 0. The lowest BCUT2D eigenvalue weighted by Gasteiger charge is -2.14. The Hall–Kier alpha value is -2.21. The van der Waals surface area contributed by atoms with Gasteiger partial charge in [0.25, 0.3) is 11.8 Å². The Morgan fingerprint density at radius 2 is 1.95 bits per heavy atom. The zero-order valence-electron chi connectivity index (χ0n) is 12.2. The van der Waals surface area contributed by atoms with Gasteiger partial charge in [-0.15, -0.1) is 0 Å². The van der Waals surface area contributed by atoms with Crippen molar-refractivity contribution >= 4 is 17.7 Å². The van der Waals surface area contributed by atoms with Crippen molar-refractivity contribution in [3.05, 3.63) is 34.9 Å². The number of carbonyl (C=O) groups is 3. The number of nitrogens with two attached hydrogens (primary N) is 1. The Bertz CT molecular complexity index is 596. The molecule has 0 fully saturated rings. The molecular weight excluding hydrogens is 270 g/mol. The molecule has 3 N–H and O–H groups in total. The van der Waals surface area contributed by atoms with Gasteiger partial charge >= 0.3 is 0 Å². The fourth-order valence-electron chi connectivity index (χ4n) is 2.19. The van der Waals surface area contributed by atoms with Gasteiger partial charge in [-0.2, -0.15) is 0 Å². The van der Waals surface area contributed by atoms with Gasteiger partial charge in [0.2, 0.25) is 5.91 Å². The zero-order chi connectivity index (χ0) is 15.6. The monoisotopic (exact) mass is 289 g/mol. The topological polar surface area (TPSA) is 92.5 Å². The number of hydrogen-bond donors (Lipinski definition) is 2. The quantitative estimate of drug-likeness (QED) is 0.769. The van der Waals surface area contributed by atoms with Crippen molar-refractivity contribution in [2.24, 2.45) is 5.73 Å². The molecule has 1 heterocycles. The van der Waals surface area contributed by atoms with Gasteiger partial charge in [0, 0.05) is 12.6 Å². The summed E-state index contributed by atoms with van der Waals surface area (Å²) in [5.74, 6) is -1.19. The number of amides is 3. The minimum absolute atomic E-state index is 0.00687. The number of nitrogens with one attached hydrogen (secondary N) is 1. The minimum atomic E-state index is -0.419. The molecule has 1 aromatic carbocycles. The van der Waals surface area contributed by atoms with Gasteiger partial charge < -0.3 is 11.1 Å². The minimum Gasteiger partial charge on any atom is -0.354 e. The van der Waals surface area contributed by atoms with Gasteiger partial charge in [0.05, 0.1) is 11.1 Å². The second-order valence-electron chi connectivity index (χ2n) is 5.36. The van der Waals surface area contributed by atoms with Gasteiger partial charge in [-0.3, -0.25) is 19.3 Å². The Balaban J connectivity index is 2.01. The molecule has 1 aliphatic rings. The van der Waals surface area contributed by atoms with E-state index in [9.17, 15) is 14.4 Å². The summed E-state index contributed by atoms with van der Waals surface area (Å²) in [7, 11) is 0.